The van der Waals surface area contributed by atoms with Crippen molar-refractivity contribution in [3.63, 3.8) is 0 Å². The summed E-state index contributed by atoms with van der Waals surface area (Å²) in [6.45, 7) is 2.38. The minimum atomic E-state index is -0.0706. The van der Waals surface area contributed by atoms with Crippen LogP contribution in [-0.2, 0) is 6.42 Å². The zero-order valence-corrected chi connectivity index (χ0v) is 13.9. The van der Waals surface area contributed by atoms with Crippen LogP contribution in [-0.4, -0.2) is 34.5 Å². The first-order valence-corrected chi connectivity index (χ1v) is 8.56. The molecule has 0 radical (unpaired) electrons. The van der Waals surface area contributed by atoms with Crippen LogP contribution in [0.15, 0.2) is 33.6 Å². The molecule has 3 aromatic heterocycles. The summed E-state index contributed by atoms with van der Waals surface area (Å²) in [5, 5.41) is 8.98. The van der Waals surface area contributed by atoms with Crippen LogP contribution in [0.2, 0.25) is 0 Å². The van der Waals surface area contributed by atoms with Gasteiger partial charge in [0.1, 0.15) is 17.0 Å². The van der Waals surface area contributed by atoms with Gasteiger partial charge in [0.25, 0.3) is 5.91 Å². The van der Waals surface area contributed by atoms with Crippen molar-refractivity contribution in [1.29, 1.82) is 0 Å². The number of amides is 1. The van der Waals surface area contributed by atoms with Crippen LogP contribution < -0.4 is 0 Å². The lowest BCUT2D eigenvalue weighted by atomic mass is 10.1. The second-order valence-electron chi connectivity index (χ2n) is 4.84. The van der Waals surface area contributed by atoms with E-state index < -0.39 is 0 Å². The van der Waals surface area contributed by atoms with E-state index in [9.17, 15) is 4.79 Å². The van der Waals surface area contributed by atoms with Crippen LogP contribution in [0.4, 0.5) is 0 Å². The lowest BCUT2D eigenvalue weighted by molar-refractivity contribution is 0.0795. The van der Waals surface area contributed by atoms with Crippen LogP contribution in [0.5, 0.6) is 0 Å². The summed E-state index contributed by atoms with van der Waals surface area (Å²) in [6, 6.07) is 3.87. The fourth-order valence-electron chi connectivity index (χ4n) is 2.14. The summed E-state index contributed by atoms with van der Waals surface area (Å²) in [7, 11) is 1.79. The van der Waals surface area contributed by atoms with Crippen molar-refractivity contribution in [2.24, 2.45) is 0 Å². The van der Waals surface area contributed by atoms with E-state index in [1.807, 2.05) is 22.9 Å². The van der Waals surface area contributed by atoms with Crippen LogP contribution in [0.3, 0.4) is 0 Å². The number of carbonyl (C=O) groups excluding carboxylic acids is 1. The Bertz CT molecular complexity index is 748. The molecule has 0 atom stereocenters. The van der Waals surface area contributed by atoms with Crippen molar-refractivity contribution in [1.82, 2.24) is 15.0 Å². The molecule has 3 heterocycles. The van der Waals surface area contributed by atoms with Crippen LogP contribution in [0, 0.1) is 6.92 Å². The van der Waals surface area contributed by atoms with Gasteiger partial charge in [0.15, 0.2) is 0 Å². The number of thiophene rings is 1. The average molecular weight is 333 g/mol. The number of aromatic nitrogens is 2. The van der Waals surface area contributed by atoms with Crippen LogP contribution in [0.25, 0.3) is 10.6 Å². The average Bonchev–Trinajstić information content (AvgIpc) is 3.25. The lowest BCUT2D eigenvalue weighted by Gasteiger charge is -2.16. The van der Waals surface area contributed by atoms with Crippen molar-refractivity contribution >= 4 is 28.6 Å². The van der Waals surface area contributed by atoms with E-state index in [1.165, 1.54) is 0 Å². The van der Waals surface area contributed by atoms with Crippen molar-refractivity contribution in [2.45, 2.75) is 13.3 Å². The smallest absolute Gasteiger partial charge is 0.259 e. The van der Waals surface area contributed by atoms with Gasteiger partial charge in [0.05, 0.1) is 9.88 Å². The van der Waals surface area contributed by atoms with Crippen molar-refractivity contribution in [3.05, 3.63) is 45.4 Å². The van der Waals surface area contributed by atoms with E-state index in [2.05, 4.69) is 10.1 Å². The first-order valence-electron chi connectivity index (χ1n) is 6.81. The predicted octanol–water partition coefficient (Wildman–Crippen LogP) is 3.48. The Morgan fingerprint density at radius 2 is 2.23 bits per heavy atom. The molecule has 0 aliphatic carbocycles. The van der Waals surface area contributed by atoms with Crippen LogP contribution in [0.1, 0.15) is 21.1 Å². The second kappa shape index (κ2) is 6.41. The Balaban J connectivity index is 1.78. The van der Waals surface area contributed by atoms with Gasteiger partial charge in [-0.05, 0) is 18.4 Å². The molecule has 3 rings (SSSR count). The largest absolute Gasteiger partial charge is 0.360 e. The molecule has 7 heteroatoms. The molecule has 22 heavy (non-hydrogen) atoms. The van der Waals surface area contributed by atoms with E-state index in [1.54, 1.807) is 47.7 Å². The highest BCUT2D eigenvalue weighted by molar-refractivity contribution is 7.13. The SMILES string of the molecule is Cc1onc(-c2cccs2)c1C(=O)N(C)CCc1nccs1. The zero-order chi connectivity index (χ0) is 15.5. The highest BCUT2D eigenvalue weighted by atomic mass is 32.1. The summed E-state index contributed by atoms with van der Waals surface area (Å²) in [4.78, 5) is 19.6. The fraction of sp³-hybridized carbons (Fsp3) is 0.267. The number of aryl methyl sites for hydroxylation is 1. The molecule has 0 unspecified atom stereocenters. The summed E-state index contributed by atoms with van der Waals surface area (Å²) >= 11 is 3.14. The van der Waals surface area contributed by atoms with E-state index >= 15 is 0 Å². The molecule has 5 nitrogen and oxygen atoms in total. The number of hydrogen-bond donors (Lipinski definition) is 0. The van der Waals surface area contributed by atoms with Gasteiger partial charge in [0, 0.05) is 31.6 Å². The number of thiazole rings is 1. The Kier molecular flexibility index (Phi) is 4.35. The molecule has 0 bridgehead atoms. The van der Waals surface area contributed by atoms with Gasteiger partial charge in [-0.15, -0.1) is 22.7 Å². The molecule has 0 spiro atoms. The molecular formula is C15H15N3O2S2. The van der Waals surface area contributed by atoms with Gasteiger partial charge < -0.3 is 9.42 Å². The highest BCUT2D eigenvalue weighted by Crippen LogP contribution is 2.29. The third kappa shape index (κ3) is 2.95. The maximum atomic E-state index is 12.7. The van der Waals surface area contributed by atoms with E-state index in [-0.39, 0.29) is 5.91 Å². The van der Waals surface area contributed by atoms with Gasteiger partial charge in [-0.3, -0.25) is 4.79 Å². The van der Waals surface area contributed by atoms with Gasteiger partial charge >= 0.3 is 0 Å². The molecule has 1 amide bonds. The van der Waals surface area contributed by atoms with Gasteiger partial charge in [-0.1, -0.05) is 11.2 Å². The Labute approximate surface area is 136 Å². The first-order chi connectivity index (χ1) is 10.7. The molecule has 0 saturated heterocycles. The van der Waals surface area contributed by atoms with Crippen molar-refractivity contribution in [2.75, 3.05) is 13.6 Å². The summed E-state index contributed by atoms with van der Waals surface area (Å²) in [5.74, 6) is 0.480. The molecule has 3 aromatic rings. The molecule has 0 aliphatic heterocycles. The number of likely N-dealkylation sites (N-methyl/N-ethyl adjacent to an activating group) is 1. The fourth-order valence-corrected chi connectivity index (χ4v) is 3.46. The molecule has 0 N–H and O–H groups in total. The number of nitrogens with zero attached hydrogens (tertiary/aromatic N) is 3. The standard InChI is InChI=1S/C15H15N3O2S2/c1-10-13(14(17-20-10)11-4-3-8-21-11)15(19)18(2)7-5-12-16-6-9-22-12/h3-4,6,8-9H,5,7H2,1-2H3. The van der Waals surface area contributed by atoms with Gasteiger partial charge in [-0.25, -0.2) is 4.98 Å². The Morgan fingerprint density at radius 3 is 2.91 bits per heavy atom. The minimum Gasteiger partial charge on any atom is -0.360 e. The number of carbonyl (C=O) groups is 1. The summed E-state index contributed by atoms with van der Waals surface area (Å²) in [6.07, 6.45) is 2.53. The third-order valence-corrected chi connectivity index (χ3v) is 5.04. The lowest BCUT2D eigenvalue weighted by Crippen LogP contribution is -2.29. The van der Waals surface area contributed by atoms with E-state index in [0.717, 1.165) is 16.3 Å². The van der Waals surface area contributed by atoms with E-state index in [0.29, 0.717) is 23.6 Å². The Hall–Kier alpha value is -1.99. The zero-order valence-electron chi connectivity index (χ0n) is 12.3. The van der Waals surface area contributed by atoms with Crippen LogP contribution >= 0.6 is 22.7 Å². The quantitative estimate of drug-likeness (QED) is 0.717. The summed E-state index contributed by atoms with van der Waals surface area (Å²) in [5.41, 5.74) is 1.17. The first kappa shape index (κ1) is 14.9. The molecule has 0 aromatic carbocycles. The molecular weight excluding hydrogens is 318 g/mol. The van der Waals surface area contributed by atoms with Crippen molar-refractivity contribution < 1.29 is 9.32 Å². The molecule has 0 saturated carbocycles. The maximum Gasteiger partial charge on any atom is 0.259 e. The monoisotopic (exact) mass is 333 g/mol. The van der Waals surface area contributed by atoms with Gasteiger partial charge in [-0.2, -0.15) is 0 Å². The molecule has 114 valence electrons. The maximum absolute atomic E-state index is 12.7. The second-order valence-corrected chi connectivity index (χ2v) is 6.77. The predicted molar refractivity (Wildman–Crippen MR) is 87.3 cm³/mol. The number of rotatable bonds is 5. The van der Waals surface area contributed by atoms with E-state index in [4.69, 9.17) is 4.52 Å². The Morgan fingerprint density at radius 1 is 1.36 bits per heavy atom. The van der Waals surface area contributed by atoms with Crippen molar-refractivity contribution in [3.8, 4) is 10.6 Å². The van der Waals surface area contributed by atoms with Gasteiger partial charge in [0.2, 0.25) is 0 Å². The third-order valence-electron chi connectivity index (χ3n) is 3.32. The minimum absolute atomic E-state index is 0.0706. The summed E-state index contributed by atoms with van der Waals surface area (Å²) < 4.78 is 5.24. The molecule has 0 aliphatic rings. The highest BCUT2D eigenvalue weighted by Gasteiger charge is 2.24. The normalized spacial score (nSPS) is 10.8. The number of hydrogen-bond acceptors (Lipinski definition) is 6. The topological polar surface area (TPSA) is 59.2 Å². The molecule has 0 fully saturated rings.